The molecule has 0 aliphatic carbocycles. The minimum atomic E-state index is -0.101. The molecule has 0 unspecified atom stereocenters. The Bertz CT molecular complexity index is 690. The summed E-state index contributed by atoms with van der Waals surface area (Å²) < 4.78 is 5.68. The summed E-state index contributed by atoms with van der Waals surface area (Å²) in [5, 5.41) is 0.441. The molecule has 0 N–H and O–H groups in total. The largest absolute Gasteiger partial charge is 0.491 e. The monoisotopic (exact) mass is 319 g/mol. The Balaban J connectivity index is 1.90. The van der Waals surface area contributed by atoms with E-state index >= 15 is 0 Å². The Hall–Kier alpha value is -1.65. The lowest BCUT2D eigenvalue weighted by Gasteiger charge is -2.20. The summed E-state index contributed by atoms with van der Waals surface area (Å²) in [5.74, 6) is 0.734. The third kappa shape index (κ3) is 3.01. The number of rotatable bonds is 1. The molecule has 2 aromatic carbocycles. The van der Waals surface area contributed by atoms with Crippen LogP contribution in [0.1, 0.15) is 15.9 Å². The van der Waals surface area contributed by atoms with Gasteiger partial charge in [-0.25, -0.2) is 0 Å². The Morgan fingerprint density at radius 3 is 2.90 bits per heavy atom. The zero-order valence-electron chi connectivity index (χ0n) is 11.3. The predicted molar refractivity (Wildman–Crippen MR) is 85.4 cm³/mol. The fourth-order valence-electron chi connectivity index (χ4n) is 2.35. The van der Waals surface area contributed by atoms with E-state index in [0.717, 1.165) is 11.3 Å². The van der Waals surface area contributed by atoms with Gasteiger partial charge >= 0.3 is 0 Å². The molecule has 1 amide bonds. The SMILES string of the molecule is O=C(c1cc(S)ccc1Cl)N1CCOc2ccccc2C1. The van der Waals surface area contributed by atoms with Crippen LogP contribution < -0.4 is 4.74 Å². The number of benzene rings is 2. The van der Waals surface area contributed by atoms with E-state index in [1.54, 1.807) is 23.1 Å². The highest BCUT2D eigenvalue weighted by Gasteiger charge is 2.22. The molecule has 1 aliphatic rings. The molecule has 108 valence electrons. The summed E-state index contributed by atoms with van der Waals surface area (Å²) in [7, 11) is 0. The highest BCUT2D eigenvalue weighted by molar-refractivity contribution is 7.80. The van der Waals surface area contributed by atoms with Crippen LogP contribution in [0.4, 0.5) is 0 Å². The predicted octanol–water partition coefficient (Wildman–Crippen LogP) is 3.66. The van der Waals surface area contributed by atoms with E-state index in [2.05, 4.69) is 12.6 Å². The molecule has 0 saturated heterocycles. The summed E-state index contributed by atoms with van der Waals surface area (Å²) in [5.41, 5.74) is 1.48. The number of carbonyl (C=O) groups excluding carboxylic acids is 1. The molecular formula is C16H14ClNO2S. The molecular weight excluding hydrogens is 306 g/mol. The van der Waals surface area contributed by atoms with E-state index in [1.807, 2.05) is 24.3 Å². The summed E-state index contributed by atoms with van der Waals surface area (Å²) >= 11 is 10.4. The number of para-hydroxylation sites is 1. The van der Waals surface area contributed by atoms with E-state index in [9.17, 15) is 4.79 Å². The van der Waals surface area contributed by atoms with Crippen LogP contribution in [-0.4, -0.2) is 24.0 Å². The maximum atomic E-state index is 12.7. The van der Waals surface area contributed by atoms with Crippen molar-refractivity contribution in [3.8, 4) is 5.75 Å². The third-order valence-electron chi connectivity index (χ3n) is 3.42. The van der Waals surface area contributed by atoms with Gasteiger partial charge in [0.1, 0.15) is 12.4 Å². The van der Waals surface area contributed by atoms with E-state index in [-0.39, 0.29) is 5.91 Å². The molecule has 0 bridgehead atoms. The Kier molecular flexibility index (Phi) is 4.08. The zero-order chi connectivity index (χ0) is 14.8. The zero-order valence-corrected chi connectivity index (χ0v) is 12.9. The quantitative estimate of drug-likeness (QED) is 0.813. The van der Waals surface area contributed by atoms with Crippen LogP contribution >= 0.6 is 24.2 Å². The van der Waals surface area contributed by atoms with Crippen molar-refractivity contribution in [1.82, 2.24) is 4.90 Å². The lowest BCUT2D eigenvalue weighted by atomic mass is 10.1. The number of ether oxygens (including phenoxy) is 1. The highest BCUT2D eigenvalue weighted by atomic mass is 35.5. The number of halogens is 1. The van der Waals surface area contributed by atoms with E-state index in [4.69, 9.17) is 16.3 Å². The van der Waals surface area contributed by atoms with Crippen LogP contribution in [0.25, 0.3) is 0 Å². The molecule has 3 nitrogen and oxygen atoms in total. The number of nitrogens with zero attached hydrogens (tertiary/aromatic N) is 1. The van der Waals surface area contributed by atoms with Gasteiger partial charge in [-0.05, 0) is 24.3 Å². The first kappa shape index (κ1) is 14.3. The molecule has 1 heterocycles. The number of fused-ring (bicyclic) bond motifs is 1. The summed E-state index contributed by atoms with van der Waals surface area (Å²) in [4.78, 5) is 15.2. The first-order chi connectivity index (χ1) is 10.1. The minimum absolute atomic E-state index is 0.101. The number of amides is 1. The van der Waals surface area contributed by atoms with Gasteiger partial charge in [-0.1, -0.05) is 29.8 Å². The Morgan fingerprint density at radius 1 is 1.24 bits per heavy atom. The van der Waals surface area contributed by atoms with Crippen molar-refractivity contribution in [2.24, 2.45) is 0 Å². The van der Waals surface area contributed by atoms with Crippen molar-refractivity contribution in [1.29, 1.82) is 0 Å². The van der Waals surface area contributed by atoms with Crippen LogP contribution in [0.3, 0.4) is 0 Å². The molecule has 2 aromatic rings. The molecule has 21 heavy (non-hydrogen) atoms. The van der Waals surface area contributed by atoms with Gasteiger partial charge in [-0.3, -0.25) is 4.79 Å². The lowest BCUT2D eigenvalue weighted by molar-refractivity contribution is 0.0733. The fourth-order valence-corrected chi connectivity index (χ4v) is 2.75. The van der Waals surface area contributed by atoms with Crippen molar-refractivity contribution < 1.29 is 9.53 Å². The molecule has 0 fully saturated rings. The van der Waals surface area contributed by atoms with Gasteiger partial charge in [-0.2, -0.15) is 0 Å². The maximum absolute atomic E-state index is 12.7. The summed E-state index contributed by atoms with van der Waals surface area (Å²) in [6.45, 7) is 1.52. The summed E-state index contributed by atoms with van der Waals surface area (Å²) in [6, 6.07) is 12.9. The molecule has 0 radical (unpaired) electrons. The molecule has 0 spiro atoms. The lowest BCUT2D eigenvalue weighted by Crippen LogP contribution is -2.32. The topological polar surface area (TPSA) is 29.5 Å². The summed E-state index contributed by atoms with van der Waals surface area (Å²) in [6.07, 6.45) is 0. The average molecular weight is 320 g/mol. The number of hydrogen-bond acceptors (Lipinski definition) is 3. The second-order valence-electron chi connectivity index (χ2n) is 4.85. The number of carbonyl (C=O) groups is 1. The molecule has 0 saturated carbocycles. The van der Waals surface area contributed by atoms with Crippen molar-refractivity contribution in [2.75, 3.05) is 13.2 Å². The van der Waals surface area contributed by atoms with Gasteiger partial charge in [0.2, 0.25) is 0 Å². The standard InChI is InChI=1S/C16H14ClNO2S/c17-14-6-5-12(21)9-13(14)16(19)18-7-8-20-15-4-2-1-3-11(15)10-18/h1-6,9,21H,7-8,10H2. The van der Waals surface area contributed by atoms with Crippen LogP contribution in [0.5, 0.6) is 5.75 Å². The Labute approximate surface area is 133 Å². The van der Waals surface area contributed by atoms with Gasteiger partial charge in [0.15, 0.2) is 0 Å². The van der Waals surface area contributed by atoms with Gasteiger partial charge in [0.25, 0.3) is 5.91 Å². The molecule has 0 atom stereocenters. The van der Waals surface area contributed by atoms with Gasteiger partial charge in [-0.15, -0.1) is 12.6 Å². The fraction of sp³-hybridized carbons (Fsp3) is 0.188. The molecule has 1 aliphatic heterocycles. The van der Waals surface area contributed by atoms with E-state index in [1.165, 1.54) is 0 Å². The van der Waals surface area contributed by atoms with Crippen molar-refractivity contribution >= 4 is 30.1 Å². The highest BCUT2D eigenvalue weighted by Crippen LogP contribution is 2.26. The first-order valence-corrected chi connectivity index (χ1v) is 7.46. The first-order valence-electron chi connectivity index (χ1n) is 6.63. The van der Waals surface area contributed by atoms with Gasteiger partial charge in [0, 0.05) is 17.0 Å². The second kappa shape index (κ2) is 6.00. The van der Waals surface area contributed by atoms with Crippen molar-refractivity contribution in [2.45, 2.75) is 11.4 Å². The number of thiol groups is 1. The maximum Gasteiger partial charge on any atom is 0.255 e. The van der Waals surface area contributed by atoms with E-state index < -0.39 is 0 Å². The molecule has 3 rings (SSSR count). The molecule has 0 aromatic heterocycles. The van der Waals surface area contributed by atoms with Crippen molar-refractivity contribution in [3.63, 3.8) is 0 Å². The minimum Gasteiger partial charge on any atom is -0.491 e. The van der Waals surface area contributed by atoms with Gasteiger partial charge < -0.3 is 9.64 Å². The Morgan fingerprint density at radius 2 is 2.05 bits per heavy atom. The molecule has 5 heteroatoms. The van der Waals surface area contributed by atoms with Crippen LogP contribution in [0, 0.1) is 0 Å². The van der Waals surface area contributed by atoms with Crippen molar-refractivity contribution in [3.05, 3.63) is 58.6 Å². The second-order valence-corrected chi connectivity index (χ2v) is 5.77. The van der Waals surface area contributed by atoms with Gasteiger partial charge in [0.05, 0.1) is 17.1 Å². The van der Waals surface area contributed by atoms with Crippen LogP contribution in [-0.2, 0) is 6.54 Å². The smallest absolute Gasteiger partial charge is 0.255 e. The van der Waals surface area contributed by atoms with Crippen LogP contribution in [0.2, 0.25) is 5.02 Å². The van der Waals surface area contributed by atoms with E-state index in [0.29, 0.717) is 35.2 Å². The normalized spacial score (nSPS) is 14.1. The van der Waals surface area contributed by atoms with Crippen LogP contribution in [0.15, 0.2) is 47.4 Å². The average Bonchev–Trinajstić information content (AvgIpc) is 2.71. The third-order valence-corrected chi connectivity index (χ3v) is 4.03. The number of hydrogen-bond donors (Lipinski definition) is 1.